The molecule has 4 rings (SSSR count). The Morgan fingerprint density at radius 2 is 1.84 bits per heavy atom. The van der Waals surface area contributed by atoms with Gasteiger partial charge in [-0.15, -0.1) is 12.6 Å². The predicted molar refractivity (Wildman–Crippen MR) is 134 cm³/mol. The van der Waals surface area contributed by atoms with E-state index < -0.39 is 28.3 Å². The van der Waals surface area contributed by atoms with Crippen LogP contribution in [0.15, 0.2) is 18.2 Å². The van der Waals surface area contributed by atoms with Crippen molar-refractivity contribution in [2.45, 2.75) is 94.4 Å². The van der Waals surface area contributed by atoms with Crippen LogP contribution in [0.3, 0.4) is 0 Å². The van der Waals surface area contributed by atoms with Gasteiger partial charge < -0.3 is 14.2 Å². The molecule has 0 aromatic heterocycles. The zero-order chi connectivity index (χ0) is 26.8. The molecule has 1 saturated carbocycles. The number of amides is 1. The molecule has 2 unspecified atom stereocenters. The molecule has 1 aromatic rings. The van der Waals surface area contributed by atoms with Gasteiger partial charge in [0.15, 0.2) is 6.29 Å². The van der Waals surface area contributed by atoms with Gasteiger partial charge in [0.05, 0.1) is 42.1 Å². The largest absolute Gasteiger partial charge is 0.417 e. The van der Waals surface area contributed by atoms with Gasteiger partial charge in [0.2, 0.25) is 5.91 Å². The number of hydrogen-bond acceptors (Lipinski definition) is 7. The van der Waals surface area contributed by atoms with E-state index in [2.05, 4.69) is 0 Å². The minimum absolute atomic E-state index is 0.0265. The molecule has 0 bridgehead atoms. The average Bonchev–Trinajstić information content (AvgIpc) is 3.05. The number of alkyl halides is 3. The van der Waals surface area contributed by atoms with Crippen LogP contribution in [-0.4, -0.2) is 60.1 Å². The average molecular weight is 542 g/mol. The van der Waals surface area contributed by atoms with Crippen molar-refractivity contribution in [2.24, 2.45) is 0 Å². The lowest BCUT2D eigenvalue weighted by atomic mass is 9.89. The van der Waals surface area contributed by atoms with Crippen LogP contribution in [0.25, 0.3) is 0 Å². The number of ether oxygens (including phenoxy) is 3. The SMILES string of the molecule is CC1(C)C(=O)N(c2ccc(C#N)c(C(F)(F)F)c2)C(S)N1C1CCC(OCCOC2CCCCO2)CC1. The maximum absolute atomic E-state index is 13.5. The summed E-state index contributed by atoms with van der Waals surface area (Å²) >= 11 is 4.70. The molecular weight excluding hydrogens is 507 g/mol. The number of anilines is 1. The molecule has 7 nitrogen and oxygen atoms in total. The summed E-state index contributed by atoms with van der Waals surface area (Å²) in [6.45, 7) is 5.27. The zero-order valence-electron chi connectivity index (χ0n) is 21.2. The summed E-state index contributed by atoms with van der Waals surface area (Å²) in [5.41, 5.74) is -3.16. The van der Waals surface area contributed by atoms with E-state index in [9.17, 15) is 18.0 Å². The molecule has 2 heterocycles. The van der Waals surface area contributed by atoms with Crippen molar-refractivity contribution in [3.05, 3.63) is 29.3 Å². The molecule has 3 aliphatic rings. The molecule has 2 atom stereocenters. The van der Waals surface area contributed by atoms with Crippen molar-refractivity contribution in [1.29, 1.82) is 5.26 Å². The third kappa shape index (κ3) is 6.09. The topological polar surface area (TPSA) is 75.0 Å². The number of hydrogen-bond donors (Lipinski definition) is 1. The summed E-state index contributed by atoms with van der Waals surface area (Å²) in [4.78, 5) is 16.7. The second kappa shape index (κ2) is 11.5. The Kier molecular flexibility index (Phi) is 8.75. The van der Waals surface area contributed by atoms with E-state index in [-0.39, 0.29) is 30.0 Å². The highest BCUT2D eigenvalue weighted by Crippen LogP contribution is 2.43. The summed E-state index contributed by atoms with van der Waals surface area (Å²) in [5.74, 6) is -0.328. The van der Waals surface area contributed by atoms with Crippen molar-refractivity contribution >= 4 is 24.2 Å². The number of halogens is 3. The highest BCUT2D eigenvalue weighted by atomic mass is 32.1. The van der Waals surface area contributed by atoms with E-state index in [0.717, 1.165) is 63.7 Å². The summed E-state index contributed by atoms with van der Waals surface area (Å²) in [7, 11) is 0. The van der Waals surface area contributed by atoms with Gasteiger partial charge in [-0.2, -0.15) is 18.4 Å². The van der Waals surface area contributed by atoms with Crippen LogP contribution < -0.4 is 4.90 Å². The maximum atomic E-state index is 13.5. The number of carbonyl (C=O) groups is 1. The van der Waals surface area contributed by atoms with Crippen molar-refractivity contribution in [3.63, 3.8) is 0 Å². The van der Waals surface area contributed by atoms with Gasteiger partial charge in [0.25, 0.3) is 0 Å². The number of nitriles is 1. The fourth-order valence-corrected chi connectivity index (χ4v) is 6.28. The first kappa shape index (κ1) is 28.2. The normalized spacial score (nSPS) is 28.9. The first-order chi connectivity index (χ1) is 17.5. The standard InChI is InChI=1S/C26H34F3N3O4S/c1-25(2)23(33)31(19-7-6-17(16-30)21(15-19)26(27,28)29)24(37)32(25)18-8-10-20(11-9-18)34-13-14-36-22-5-3-4-12-35-22/h6-7,15,18,20,22,24,37H,3-5,8-14H2,1-2H3. The Morgan fingerprint density at radius 1 is 1.14 bits per heavy atom. The van der Waals surface area contributed by atoms with Crippen molar-refractivity contribution < 1.29 is 32.2 Å². The Hall–Kier alpha value is -1.84. The van der Waals surface area contributed by atoms with E-state index in [1.54, 1.807) is 19.9 Å². The van der Waals surface area contributed by atoms with E-state index in [0.29, 0.717) is 13.2 Å². The fraction of sp³-hybridized carbons (Fsp3) is 0.692. The Balaban J connectivity index is 1.37. The second-order valence-corrected chi connectivity index (χ2v) is 10.8. The number of rotatable bonds is 7. The van der Waals surface area contributed by atoms with Gasteiger partial charge in [-0.25, -0.2) is 0 Å². The van der Waals surface area contributed by atoms with Gasteiger partial charge in [-0.1, -0.05) is 0 Å². The summed E-state index contributed by atoms with van der Waals surface area (Å²) in [6.07, 6.45) is 1.52. The van der Waals surface area contributed by atoms with Crippen LogP contribution in [0.2, 0.25) is 0 Å². The monoisotopic (exact) mass is 541 g/mol. The van der Waals surface area contributed by atoms with Gasteiger partial charge in [-0.05, 0) is 77.0 Å². The maximum Gasteiger partial charge on any atom is 0.417 e. The van der Waals surface area contributed by atoms with Crippen LogP contribution in [-0.2, 0) is 25.2 Å². The summed E-state index contributed by atoms with van der Waals surface area (Å²) < 4.78 is 58.0. The lowest BCUT2D eigenvalue weighted by Crippen LogP contribution is -2.52. The van der Waals surface area contributed by atoms with Crippen molar-refractivity contribution in [2.75, 3.05) is 24.7 Å². The number of thiol groups is 1. The molecule has 3 fully saturated rings. The van der Waals surface area contributed by atoms with Gasteiger partial charge in [0, 0.05) is 18.3 Å². The van der Waals surface area contributed by atoms with E-state index in [1.165, 1.54) is 11.0 Å². The third-order valence-electron chi connectivity index (χ3n) is 7.49. The third-order valence-corrected chi connectivity index (χ3v) is 7.97. The van der Waals surface area contributed by atoms with Crippen LogP contribution in [0.4, 0.5) is 18.9 Å². The molecule has 1 aliphatic carbocycles. The lowest BCUT2D eigenvalue weighted by Gasteiger charge is -2.41. The number of benzene rings is 1. The number of carbonyl (C=O) groups excluding carboxylic acids is 1. The second-order valence-electron chi connectivity index (χ2n) is 10.3. The molecule has 37 heavy (non-hydrogen) atoms. The van der Waals surface area contributed by atoms with E-state index in [4.69, 9.17) is 32.1 Å². The first-order valence-electron chi connectivity index (χ1n) is 12.8. The van der Waals surface area contributed by atoms with Crippen molar-refractivity contribution in [1.82, 2.24) is 4.90 Å². The Bertz CT molecular complexity index is 1000. The minimum Gasteiger partial charge on any atom is -0.376 e. The Labute approximate surface area is 221 Å². The minimum atomic E-state index is -4.71. The summed E-state index contributed by atoms with van der Waals surface area (Å²) in [5, 5.41) is 9.11. The Morgan fingerprint density at radius 3 is 2.46 bits per heavy atom. The molecule has 0 radical (unpaired) electrons. The van der Waals surface area contributed by atoms with Gasteiger partial charge in [0.1, 0.15) is 5.50 Å². The fourth-order valence-electron chi connectivity index (χ4n) is 5.56. The molecule has 0 N–H and O–H groups in total. The lowest BCUT2D eigenvalue weighted by molar-refractivity contribution is -0.172. The molecule has 2 aliphatic heterocycles. The smallest absolute Gasteiger partial charge is 0.376 e. The zero-order valence-corrected chi connectivity index (χ0v) is 22.1. The highest BCUT2D eigenvalue weighted by Gasteiger charge is 2.54. The van der Waals surface area contributed by atoms with Crippen molar-refractivity contribution in [3.8, 4) is 6.07 Å². The molecule has 0 spiro atoms. The predicted octanol–water partition coefficient (Wildman–Crippen LogP) is 5.09. The molecule has 11 heteroatoms. The molecule has 1 aromatic carbocycles. The molecular formula is C26H34F3N3O4S. The van der Waals surface area contributed by atoms with E-state index >= 15 is 0 Å². The molecule has 2 saturated heterocycles. The van der Waals surface area contributed by atoms with Crippen LogP contribution in [0.5, 0.6) is 0 Å². The van der Waals surface area contributed by atoms with Crippen LogP contribution in [0, 0.1) is 11.3 Å². The molecule has 204 valence electrons. The van der Waals surface area contributed by atoms with Crippen LogP contribution >= 0.6 is 12.6 Å². The first-order valence-corrected chi connectivity index (χ1v) is 13.3. The van der Waals surface area contributed by atoms with Gasteiger partial charge >= 0.3 is 6.18 Å². The molecule has 1 amide bonds. The van der Waals surface area contributed by atoms with Crippen LogP contribution in [0.1, 0.15) is 69.9 Å². The number of nitrogens with zero attached hydrogens (tertiary/aromatic N) is 3. The highest BCUT2D eigenvalue weighted by molar-refractivity contribution is 7.81. The van der Waals surface area contributed by atoms with E-state index in [1.807, 2.05) is 4.90 Å². The quantitative estimate of drug-likeness (QED) is 0.383. The van der Waals surface area contributed by atoms with Gasteiger partial charge in [-0.3, -0.25) is 14.6 Å². The summed E-state index contributed by atoms with van der Waals surface area (Å²) in [6, 6.07) is 4.95.